The van der Waals surface area contributed by atoms with Gasteiger partial charge in [0.1, 0.15) is 11.3 Å². The minimum Gasteiger partial charge on any atom is -0.494 e. The average Bonchev–Trinajstić information content (AvgIpc) is 3.11. The number of carbonyl (C=O) groups excluding carboxylic acids is 1. The van der Waals surface area contributed by atoms with Crippen LogP contribution in [0, 0.1) is 6.92 Å². The monoisotopic (exact) mass is 453 g/mol. The predicted molar refractivity (Wildman–Crippen MR) is 124 cm³/mol. The SMILES string of the molecule is COc1ccc(C)c2sc(N(CCCN(C)C)C(=O)c3ccc(Cl)cc3)nc12.Cl. The van der Waals surface area contributed by atoms with Crippen LogP contribution < -0.4 is 9.64 Å². The second kappa shape index (κ2) is 10.3. The highest BCUT2D eigenvalue weighted by atomic mass is 35.5. The van der Waals surface area contributed by atoms with E-state index in [1.165, 1.54) is 11.3 Å². The van der Waals surface area contributed by atoms with E-state index in [1.54, 1.807) is 36.3 Å². The molecule has 0 bridgehead atoms. The van der Waals surface area contributed by atoms with Crippen molar-refractivity contribution in [2.45, 2.75) is 13.3 Å². The second-order valence-corrected chi connectivity index (χ2v) is 8.29. The van der Waals surface area contributed by atoms with Crippen LogP contribution in [0.5, 0.6) is 5.75 Å². The summed E-state index contributed by atoms with van der Waals surface area (Å²) in [6.07, 6.45) is 0.846. The van der Waals surface area contributed by atoms with E-state index in [1.807, 2.05) is 33.2 Å². The lowest BCUT2D eigenvalue weighted by Crippen LogP contribution is -2.33. The molecule has 3 aromatic rings. The Balaban J connectivity index is 0.00000300. The van der Waals surface area contributed by atoms with E-state index >= 15 is 0 Å². The molecular formula is C21H25Cl2N3O2S. The molecule has 0 unspecified atom stereocenters. The van der Waals surface area contributed by atoms with Crippen molar-refractivity contribution in [2.24, 2.45) is 0 Å². The molecule has 29 heavy (non-hydrogen) atoms. The van der Waals surface area contributed by atoms with E-state index in [-0.39, 0.29) is 18.3 Å². The summed E-state index contributed by atoms with van der Waals surface area (Å²) < 4.78 is 6.50. The smallest absolute Gasteiger partial charge is 0.260 e. The molecule has 0 N–H and O–H groups in total. The van der Waals surface area contributed by atoms with Crippen molar-refractivity contribution in [3.05, 3.63) is 52.5 Å². The van der Waals surface area contributed by atoms with E-state index in [9.17, 15) is 4.79 Å². The molecule has 0 atom stereocenters. The standard InChI is InChI=1S/C21H24ClN3O2S.ClH/c1-14-6-11-17(27-4)18-19(14)28-21(23-18)25(13-5-12-24(2)3)20(26)15-7-9-16(22)10-8-15;/h6-11H,5,12-13H2,1-4H3;1H. The first kappa shape index (κ1) is 23.4. The number of ether oxygens (including phenoxy) is 1. The van der Waals surface area contributed by atoms with Gasteiger partial charge in [0.25, 0.3) is 5.91 Å². The summed E-state index contributed by atoms with van der Waals surface area (Å²) >= 11 is 7.50. The maximum atomic E-state index is 13.3. The molecule has 0 spiro atoms. The van der Waals surface area contributed by atoms with Crippen LogP contribution in [0.1, 0.15) is 22.3 Å². The van der Waals surface area contributed by atoms with Gasteiger partial charge >= 0.3 is 0 Å². The molecule has 2 aromatic carbocycles. The maximum Gasteiger partial charge on any atom is 0.260 e. The molecule has 1 heterocycles. The first-order valence-electron chi connectivity index (χ1n) is 9.07. The summed E-state index contributed by atoms with van der Waals surface area (Å²) in [5.74, 6) is 0.640. The van der Waals surface area contributed by atoms with Crippen molar-refractivity contribution in [1.29, 1.82) is 0 Å². The van der Waals surface area contributed by atoms with Crippen LogP contribution in [0.3, 0.4) is 0 Å². The summed E-state index contributed by atoms with van der Waals surface area (Å²) in [4.78, 5) is 21.9. The summed E-state index contributed by atoms with van der Waals surface area (Å²) in [7, 11) is 5.69. The number of nitrogens with zero attached hydrogens (tertiary/aromatic N) is 3. The van der Waals surface area contributed by atoms with Gasteiger partial charge in [0.15, 0.2) is 5.13 Å². The van der Waals surface area contributed by atoms with E-state index in [0.717, 1.165) is 34.5 Å². The molecule has 0 aliphatic heterocycles. The summed E-state index contributed by atoms with van der Waals surface area (Å²) in [5, 5.41) is 1.29. The highest BCUT2D eigenvalue weighted by molar-refractivity contribution is 7.22. The maximum absolute atomic E-state index is 13.3. The zero-order chi connectivity index (χ0) is 20.3. The Kier molecular flexibility index (Phi) is 8.28. The number of carbonyl (C=O) groups is 1. The number of benzene rings is 2. The van der Waals surface area contributed by atoms with E-state index < -0.39 is 0 Å². The quantitative estimate of drug-likeness (QED) is 0.487. The molecule has 1 aromatic heterocycles. The van der Waals surface area contributed by atoms with Gasteiger partial charge in [-0.3, -0.25) is 9.69 Å². The van der Waals surface area contributed by atoms with Crippen LogP contribution in [-0.2, 0) is 0 Å². The molecule has 156 valence electrons. The van der Waals surface area contributed by atoms with Crippen molar-refractivity contribution < 1.29 is 9.53 Å². The van der Waals surface area contributed by atoms with Gasteiger partial charge in [-0.25, -0.2) is 4.98 Å². The number of fused-ring (bicyclic) bond motifs is 1. The topological polar surface area (TPSA) is 45.7 Å². The zero-order valence-electron chi connectivity index (χ0n) is 16.9. The number of anilines is 1. The number of hydrogen-bond acceptors (Lipinski definition) is 5. The highest BCUT2D eigenvalue weighted by Gasteiger charge is 2.22. The number of thiazole rings is 1. The van der Waals surface area contributed by atoms with Crippen LogP contribution >= 0.6 is 35.3 Å². The van der Waals surface area contributed by atoms with Gasteiger partial charge in [-0.1, -0.05) is 29.0 Å². The molecule has 0 radical (unpaired) electrons. The Morgan fingerprint density at radius 3 is 2.45 bits per heavy atom. The molecule has 0 aliphatic rings. The molecule has 8 heteroatoms. The lowest BCUT2D eigenvalue weighted by atomic mass is 10.2. The van der Waals surface area contributed by atoms with Gasteiger partial charge in [-0.2, -0.15) is 0 Å². The van der Waals surface area contributed by atoms with Crippen molar-refractivity contribution in [3.63, 3.8) is 0 Å². The molecule has 3 rings (SSSR count). The molecule has 0 saturated heterocycles. The fourth-order valence-electron chi connectivity index (χ4n) is 2.96. The van der Waals surface area contributed by atoms with Crippen molar-refractivity contribution in [1.82, 2.24) is 9.88 Å². The van der Waals surface area contributed by atoms with E-state index in [2.05, 4.69) is 4.90 Å². The van der Waals surface area contributed by atoms with Crippen LogP contribution in [0.4, 0.5) is 5.13 Å². The van der Waals surface area contributed by atoms with Gasteiger partial charge in [0.2, 0.25) is 0 Å². The fraction of sp³-hybridized carbons (Fsp3) is 0.333. The Bertz CT molecular complexity index is 974. The number of rotatable bonds is 7. The Hall–Kier alpha value is -1.86. The molecular weight excluding hydrogens is 429 g/mol. The van der Waals surface area contributed by atoms with Crippen molar-refractivity contribution in [2.75, 3.05) is 39.2 Å². The number of amides is 1. The van der Waals surface area contributed by atoms with Gasteiger partial charge in [-0.05, 0) is 69.9 Å². The zero-order valence-corrected chi connectivity index (χ0v) is 19.3. The minimum absolute atomic E-state index is 0. The summed E-state index contributed by atoms with van der Waals surface area (Å²) in [6, 6.07) is 10.9. The third-order valence-corrected chi connectivity index (χ3v) is 5.93. The number of aromatic nitrogens is 1. The van der Waals surface area contributed by atoms with E-state index in [4.69, 9.17) is 21.3 Å². The van der Waals surface area contributed by atoms with Gasteiger partial charge in [0, 0.05) is 17.1 Å². The van der Waals surface area contributed by atoms with Gasteiger partial charge in [0.05, 0.1) is 11.8 Å². The normalized spacial score (nSPS) is 10.8. The first-order valence-corrected chi connectivity index (χ1v) is 10.3. The molecule has 5 nitrogen and oxygen atoms in total. The molecule has 0 aliphatic carbocycles. The first-order chi connectivity index (χ1) is 13.4. The lowest BCUT2D eigenvalue weighted by Gasteiger charge is -2.21. The van der Waals surface area contributed by atoms with Gasteiger partial charge < -0.3 is 9.64 Å². The Labute approximate surface area is 186 Å². The van der Waals surface area contributed by atoms with Crippen molar-refractivity contribution >= 4 is 56.6 Å². The summed E-state index contributed by atoms with van der Waals surface area (Å²) in [6.45, 7) is 3.51. The second-order valence-electron chi connectivity index (χ2n) is 6.88. The van der Waals surface area contributed by atoms with Crippen molar-refractivity contribution in [3.8, 4) is 5.75 Å². The molecule has 0 fully saturated rings. The number of halogens is 2. The Morgan fingerprint density at radius 1 is 1.14 bits per heavy atom. The van der Waals surface area contributed by atoms with Crippen LogP contribution in [0.25, 0.3) is 10.2 Å². The third kappa shape index (κ3) is 5.39. The highest BCUT2D eigenvalue weighted by Crippen LogP contribution is 2.37. The number of aryl methyl sites for hydroxylation is 1. The summed E-state index contributed by atoms with van der Waals surface area (Å²) in [5.41, 5.74) is 2.51. The largest absolute Gasteiger partial charge is 0.494 e. The Morgan fingerprint density at radius 2 is 1.83 bits per heavy atom. The van der Waals surface area contributed by atoms with Gasteiger partial charge in [-0.15, -0.1) is 12.4 Å². The predicted octanol–water partition coefficient (Wildman–Crippen LogP) is 5.29. The third-order valence-electron chi connectivity index (χ3n) is 4.47. The molecule has 1 amide bonds. The van der Waals surface area contributed by atoms with Crippen LogP contribution in [0.15, 0.2) is 36.4 Å². The van der Waals surface area contributed by atoms with E-state index in [0.29, 0.717) is 22.3 Å². The van der Waals surface area contributed by atoms with Crippen LogP contribution in [0.2, 0.25) is 5.02 Å². The van der Waals surface area contributed by atoms with Crippen LogP contribution in [-0.4, -0.2) is 50.1 Å². The number of methoxy groups -OCH3 is 1. The fourth-order valence-corrected chi connectivity index (χ4v) is 4.16. The lowest BCUT2D eigenvalue weighted by molar-refractivity contribution is 0.0986. The average molecular weight is 454 g/mol. The minimum atomic E-state index is -0.0777. The number of hydrogen-bond donors (Lipinski definition) is 0. The molecule has 0 saturated carbocycles.